The molecule has 2 aromatic rings. The Kier molecular flexibility index (Phi) is 3.77. The summed E-state index contributed by atoms with van der Waals surface area (Å²) in [5.74, 6) is -0.309. The molecule has 0 saturated carbocycles. The third-order valence-corrected chi connectivity index (χ3v) is 5.64. The van der Waals surface area contributed by atoms with E-state index in [9.17, 15) is 13.2 Å². The maximum Gasteiger partial charge on any atom is 0.294 e. The molecule has 0 fully saturated rings. The molecule has 0 spiro atoms. The average molecular weight is 334 g/mol. The predicted octanol–water partition coefficient (Wildman–Crippen LogP) is 2.12. The molecule has 2 heterocycles. The summed E-state index contributed by atoms with van der Waals surface area (Å²) in [6, 6.07) is 10.4. The minimum atomic E-state index is -3.69. The molecule has 1 aliphatic heterocycles. The number of sulfonamides is 1. The maximum absolute atomic E-state index is 12.8. The average Bonchev–Trinajstić information content (AvgIpc) is 3.10. The lowest BCUT2D eigenvalue weighted by atomic mass is 10.1. The minimum absolute atomic E-state index is 0.00101. The molecular weight excluding hydrogens is 316 g/mol. The molecular formula is C16H18N2O4S. The van der Waals surface area contributed by atoms with Crippen LogP contribution in [0, 0.1) is 0 Å². The van der Waals surface area contributed by atoms with Crippen molar-refractivity contribution >= 4 is 21.6 Å². The van der Waals surface area contributed by atoms with Crippen molar-refractivity contribution in [2.45, 2.75) is 24.5 Å². The zero-order chi connectivity index (χ0) is 16.8. The first-order chi connectivity index (χ1) is 10.8. The highest BCUT2D eigenvalue weighted by atomic mass is 32.2. The predicted molar refractivity (Wildman–Crippen MR) is 86.0 cm³/mol. The van der Waals surface area contributed by atoms with Gasteiger partial charge in [0.1, 0.15) is 0 Å². The second kappa shape index (κ2) is 5.50. The summed E-state index contributed by atoms with van der Waals surface area (Å²) in [7, 11) is -0.862. The van der Waals surface area contributed by atoms with Gasteiger partial charge in [-0.25, -0.2) is 12.7 Å². The smallest absolute Gasteiger partial charge is 0.294 e. The lowest BCUT2D eigenvalue weighted by Crippen LogP contribution is -2.35. The fourth-order valence-electron chi connectivity index (χ4n) is 2.75. The summed E-state index contributed by atoms with van der Waals surface area (Å²) in [5.41, 5.74) is 1.94. The fraction of sp³-hybridized carbons (Fsp3) is 0.312. The Morgan fingerprint density at radius 2 is 1.91 bits per heavy atom. The van der Waals surface area contributed by atoms with Gasteiger partial charge in [0.15, 0.2) is 5.76 Å². The van der Waals surface area contributed by atoms with Crippen molar-refractivity contribution in [3.8, 4) is 0 Å². The number of anilines is 1. The first-order valence-electron chi connectivity index (χ1n) is 7.26. The van der Waals surface area contributed by atoms with Crippen LogP contribution in [0.3, 0.4) is 0 Å². The molecule has 3 rings (SSSR count). The molecule has 0 radical (unpaired) electrons. The molecule has 1 aromatic heterocycles. The van der Waals surface area contributed by atoms with Crippen LogP contribution in [-0.4, -0.2) is 38.8 Å². The molecule has 1 amide bonds. The Balaban J connectivity index is 1.95. The molecule has 0 unspecified atom stereocenters. The topological polar surface area (TPSA) is 70.8 Å². The van der Waals surface area contributed by atoms with Gasteiger partial charge in [-0.3, -0.25) is 4.79 Å². The van der Waals surface area contributed by atoms with E-state index < -0.39 is 10.0 Å². The van der Waals surface area contributed by atoms with Crippen LogP contribution < -0.4 is 4.90 Å². The highest BCUT2D eigenvalue weighted by molar-refractivity contribution is 7.88. The van der Waals surface area contributed by atoms with E-state index in [4.69, 9.17) is 4.42 Å². The molecule has 122 valence electrons. The fourth-order valence-corrected chi connectivity index (χ4v) is 3.54. The van der Waals surface area contributed by atoms with Gasteiger partial charge in [0.05, 0.1) is 0 Å². The summed E-state index contributed by atoms with van der Waals surface area (Å²) >= 11 is 0. The Hall–Kier alpha value is -2.12. The molecule has 1 aliphatic rings. The standard InChI is InChI=1S/C16H18N2O4S/c1-11-10-12-6-4-5-7-13(12)18(11)16(19)14-8-9-15(22-14)23(20,21)17(2)3/h4-9,11H,10H2,1-3H3/t11-/m1/s1. The highest BCUT2D eigenvalue weighted by Gasteiger charge is 2.33. The van der Waals surface area contributed by atoms with Crippen LogP contribution in [0.2, 0.25) is 0 Å². The third-order valence-electron chi connectivity index (χ3n) is 3.95. The van der Waals surface area contributed by atoms with Gasteiger partial charge in [-0.2, -0.15) is 0 Å². The van der Waals surface area contributed by atoms with Gasteiger partial charge in [0, 0.05) is 25.8 Å². The molecule has 0 aliphatic carbocycles. The number of carbonyl (C=O) groups excluding carboxylic acids is 1. The first kappa shape index (κ1) is 15.8. The van der Waals surface area contributed by atoms with Crippen LogP contribution in [-0.2, 0) is 16.4 Å². The van der Waals surface area contributed by atoms with Gasteiger partial charge in [-0.05, 0) is 37.1 Å². The lowest BCUT2D eigenvalue weighted by Gasteiger charge is -2.21. The van der Waals surface area contributed by atoms with Crippen molar-refractivity contribution in [2.24, 2.45) is 0 Å². The molecule has 0 saturated heterocycles. The van der Waals surface area contributed by atoms with Crippen molar-refractivity contribution in [3.05, 3.63) is 47.7 Å². The van der Waals surface area contributed by atoms with E-state index in [-0.39, 0.29) is 22.8 Å². The van der Waals surface area contributed by atoms with E-state index in [2.05, 4.69) is 0 Å². The summed E-state index contributed by atoms with van der Waals surface area (Å²) < 4.78 is 30.5. The van der Waals surface area contributed by atoms with Gasteiger partial charge >= 0.3 is 0 Å². The van der Waals surface area contributed by atoms with E-state index in [0.717, 1.165) is 22.0 Å². The molecule has 23 heavy (non-hydrogen) atoms. The number of furan rings is 1. The number of rotatable bonds is 3. The number of fused-ring (bicyclic) bond motifs is 1. The third kappa shape index (κ3) is 2.55. The van der Waals surface area contributed by atoms with Gasteiger partial charge in [-0.1, -0.05) is 18.2 Å². The zero-order valence-electron chi connectivity index (χ0n) is 13.2. The quantitative estimate of drug-likeness (QED) is 0.862. The van der Waals surface area contributed by atoms with E-state index in [1.807, 2.05) is 31.2 Å². The molecule has 7 heteroatoms. The number of hydrogen-bond acceptors (Lipinski definition) is 4. The van der Waals surface area contributed by atoms with Crippen LogP contribution in [0.5, 0.6) is 0 Å². The van der Waals surface area contributed by atoms with Gasteiger partial charge in [-0.15, -0.1) is 0 Å². The number of amides is 1. The summed E-state index contributed by atoms with van der Waals surface area (Å²) in [6.45, 7) is 1.96. The minimum Gasteiger partial charge on any atom is -0.438 e. The molecule has 0 bridgehead atoms. The Morgan fingerprint density at radius 3 is 2.61 bits per heavy atom. The number of nitrogens with zero attached hydrogens (tertiary/aromatic N) is 2. The summed E-state index contributed by atoms with van der Waals surface area (Å²) in [4.78, 5) is 14.4. The molecule has 0 N–H and O–H groups in total. The van der Waals surface area contributed by atoms with Crippen molar-refractivity contribution in [2.75, 3.05) is 19.0 Å². The summed E-state index contributed by atoms with van der Waals surface area (Å²) in [6.07, 6.45) is 0.769. The van der Waals surface area contributed by atoms with Crippen molar-refractivity contribution in [1.29, 1.82) is 0 Å². The zero-order valence-corrected chi connectivity index (χ0v) is 14.0. The molecule has 1 aromatic carbocycles. The van der Waals surface area contributed by atoms with Crippen molar-refractivity contribution < 1.29 is 17.6 Å². The van der Waals surface area contributed by atoms with E-state index in [1.165, 1.54) is 26.2 Å². The second-order valence-electron chi connectivity index (χ2n) is 5.76. The van der Waals surface area contributed by atoms with E-state index in [0.29, 0.717) is 0 Å². The Bertz CT molecular complexity index is 854. The molecule has 6 nitrogen and oxygen atoms in total. The monoisotopic (exact) mass is 334 g/mol. The van der Waals surface area contributed by atoms with Gasteiger partial charge in [0.2, 0.25) is 5.09 Å². The largest absolute Gasteiger partial charge is 0.438 e. The van der Waals surface area contributed by atoms with Gasteiger partial charge in [0.25, 0.3) is 15.9 Å². The highest BCUT2D eigenvalue weighted by Crippen LogP contribution is 2.33. The van der Waals surface area contributed by atoms with Crippen molar-refractivity contribution in [3.63, 3.8) is 0 Å². The number of benzene rings is 1. The SMILES string of the molecule is C[C@@H]1Cc2ccccc2N1C(=O)c1ccc(S(=O)(=O)N(C)C)o1. The Morgan fingerprint density at radius 1 is 1.22 bits per heavy atom. The molecule has 1 atom stereocenters. The lowest BCUT2D eigenvalue weighted by molar-refractivity contribution is 0.0949. The van der Waals surface area contributed by atoms with Crippen LogP contribution in [0.4, 0.5) is 5.69 Å². The number of para-hydroxylation sites is 1. The maximum atomic E-state index is 12.8. The van der Waals surface area contributed by atoms with Crippen LogP contribution in [0.1, 0.15) is 23.0 Å². The van der Waals surface area contributed by atoms with Crippen LogP contribution in [0.25, 0.3) is 0 Å². The van der Waals surface area contributed by atoms with E-state index >= 15 is 0 Å². The van der Waals surface area contributed by atoms with Crippen molar-refractivity contribution in [1.82, 2.24) is 4.31 Å². The Labute approximate surface area is 135 Å². The normalized spacial score (nSPS) is 17.6. The summed E-state index contributed by atoms with van der Waals surface area (Å²) in [5, 5.41) is -0.231. The van der Waals surface area contributed by atoms with Gasteiger partial charge < -0.3 is 9.32 Å². The van der Waals surface area contributed by atoms with Crippen LogP contribution >= 0.6 is 0 Å². The number of hydrogen-bond donors (Lipinski definition) is 0. The first-order valence-corrected chi connectivity index (χ1v) is 8.70. The van der Waals surface area contributed by atoms with E-state index in [1.54, 1.807) is 4.90 Å². The second-order valence-corrected chi connectivity index (χ2v) is 7.85. The van der Waals surface area contributed by atoms with Crippen LogP contribution in [0.15, 0.2) is 45.9 Å². The number of carbonyl (C=O) groups is 1.